The zero-order valence-corrected chi connectivity index (χ0v) is 20.6. The molecule has 2 aromatic rings. The molecule has 2 saturated heterocycles. The Morgan fingerprint density at radius 3 is 2.56 bits per heavy atom. The first-order valence-electron chi connectivity index (χ1n) is 12.3. The number of nitrogens with zero attached hydrogens (tertiary/aromatic N) is 2. The summed E-state index contributed by atoms with van der Waals surface area (Å²) in [5.74, 6) is -0.640. The first-order valence-corrected chi connectivity index (χ1v) is 12.3. The lowest BCUT2D eigenvalue weighted by molar-refractivity contribution is 0.0938. The number of pyridine rings is 1. The Bertz CT molecular complexity index is 1220. The number of carbonyl (C=O) groups is 1. The number of likely N-dealkylation sites (tertiary alicyclic amines) is 1. The first-order chi connectivity index (χ1) is 17.1. The number of carbonyl (C=O) groups excluding carboxylic acids is 1. The molecule has 0 radical (unpaired) electrons. The Labute approximate surface area is 207 Å². The Morgan fingerprint density at radius 1 is 1.22 bits per heavy atom. The van der Waals surface area contributed by atoms with Crippen molar-refractivity contribution in [1.29, 1.82) is 0 Å². The smallest absolute Gasteiger partial charge is 0.266 e. The number of fused-ring (bicyclic) bond motifs is 1. The van der Waals surface area contributed by atoms with Gasteiger partial charge >= 0.3 is 0 Å². The van der Waals surface area contributed by atoms with Gasteiger partial charge < -0.3 is 24.8 Å². The average Bonchev–Trinajstić information content (AvgIpc) is 3.14. The van der Waals surface area contributed by atoms with Crippen molar-refractivity contribution in [3.8, 4) is 0 Å². The van der Waals surface area contributed by atoms with Gasteiger partial charge in [0.05, 0.1) is 35.0 Å². The van der Waals surface area contributed by atoms with Crippen LogP contribution < -0.4 is 16.2 Å². The fourth-order valence-corrected chi connectivity index (χ4v) is 5.66. The van der Waals surface area contributed by atoms with Crippen LogP contribution in [0, 0.1) is 17.7 Å². The molecule has 1 aliphatic carbocycles. The third-order valence-electron chi connectivity index (χ3n) is 7.88. The molecule has 36 heavy (non-hydrogen) atoms. The Morgan fingerprint density at radius 2 is 1.92 bits per heavy atom. The van der Waals surface area contributed by atoms with Crippen LogP contribution in [0.1, 0.15) is 54.2 Å². The second-order valence-electron chi connectivity index (χ2n) is 10.6. The second-order valence-corrected chi connectivity index (χ2v) is 10.6. The van der Waals surface area contributed by atoms with Crippen molar-refractivity contribution < 1.29 is 22.7 Å². The van der Waals surface area contributed by atoms with Crippen LogP contribution >= 0.6 is 0 Å². The number of piperidine rings is 1. The van der Waals surface area contributed by atoms with E-state index >= 15 is 0 Å². The molecule has 0 bridgehead atoms. The molecule has 1 aromatic carbocycles. The molecule has 5 rings (SSSR count). The lowest BCUT2D eigenvalue weighted by atomic mass is 10.00. The standard InChI is InChI=1S/C26H31F3N4O3/c1-14(15-5-4-6-16(22(15)27)24(28)29)30-25(35)19-12-33(26(2)7-8-36-13-26)21(34)9-20(19)31-23-17-10-32(3)11-18(17)23/h4-6,9,12,14,17-18,23-24,31H,7-8,10-11,13H2,1-3H3,(H,30,35)/t14-,17-,18+,23+,26-/m1/s1. The van der Waals surface area contributed by atoms with Gasteiger partial charge in [0.25, 0.3) is 17.9 Å². The van der Waals surface area contributed by atoms with Gasteiger partial charge in [-0.05, 0) is 39.2 Å². The monoisotopic (exact) mass is 504 g/mol. The number of benzene rings is 1. The molecule has 1 saturated carbocycles. The predicted octanol–water partition coefficient (Wildman–Crippen LogP) is 3.52. The van der Waals surface area contributed by atoms with E-state index in [1.165, 1.54) is 29.0 Å². The van der Waals surface area contributed by atoms with Crippen molar-refractivity contribution in [3.63, 3.8) is 0 Å². The summed E-state index contributed by atoms with van der Waals surface area (Å²) in [7, 11) is 2.07. The fourth-order valence-electron chi connectivity index (χ4n) is 5.66. The van der Waals surface area contributed by atoms with Crippen LogP contribution in [0.15, 0.2) is 35.3 Å². The SMILES string of the molecule is C[C@@H](NC(=O)c1cn([C@]2(C)CCOC2)c(=O)cc1N[C@H]1[C@@H]2CN(C)C[C@@H]21)c1cccc(C(F)F)c1F. The molecule has 194 valence electrons. The zero-order chi connectivity index (χ0) is 25.8. The van der Waals surface area contributed by atoms with Crippen LogP contribution in [0.5, 0.6) is 0 Å². The van der Waals surface area contributed by atoms with Crippen molar-refractivity contribution in [2.45, 2.75) is 44.3 Å². The van der Waals surface area contributed by atoms with E-state index in [4.69, 9.17) is 4.74 Å². The number of hydrogen-bond acceptors (Lipinski definition) is 5. The predicted molar refractivity (Wildman–Crippen MR) is 129 cm³/mol. The minimum absolute atomic E-state index is 0.0279. The highest BCUT2D eigenvalue weighted by atomic mass is 19.3. The topological polar surface area (TPSA) is 75.6 Å². The van der Waals surface area contributed by atoms with E-state index < -0.39 is 35.3 Å². The quantitative estimate of drug-likeness (QED) is 0.604. The van der Waals surface area contributed by atoms with Crippen LogP contribution in [-0.4, -0.2) is 54.8 Å². The molecule has 2 N–H and O–H groups in total. The van der Waals surface area contributed by atoms with Gasteiger partial charge in [-0.15, -0.1) is 0 Å². The fraction of sp³-hybridized carbons (Fsp3) is 0.538. The lowest BCUT2D eigenvalue weighted by Gasteiger charge is -2.27. The Kier molecular flexibility index (Phi) is 6.36. The summed E-state index contributed by atoms with van der Waals surface area (Å²) in [5.41, 5.74) is -0.893. The van der Waals surface area contributed by atoms with Crippen molar-refractivity contribution in [2.24, 2.45) is 11.8 Å². The van der Waals surface area contributed by atoms with Crippen LogP contribution in [0.3, 0.4) is 0 Å². The van der Waals surface area contributed by atoms with Gasteiger partial charge in [0, 0.05) is 43.6 Å². The molecule has 3 heterocycles. The number of alkyl halides is 2. The Hall–Kier alpha value is -2.85. The summed E-state index contributed by atoms with van der Waals surface area (Å²) >= 11 is 0. The summed E-state index contributed by atoms with van der Waals surface area (Å²) < 4.78 is 48.1. The summed E-state index contributed by atoms with van der Waals surface area (Å²) in [5, 5.41) is 6.14. The highest BCUT2D eigenvalue weighted by Gasteiger charge is 2.55. The van der Waals surface area contributed by atoms with Crippen LogP contribution in [0.4, 0.5) is 18.9 Å². The highest BCUT2D eigenvalue weighted by Crippen LogP contribution is 2.47. The summed E-state index contributed by atoms with van der Waals surface area (Å²) in [6.07, 6.45) is -0.793. The molecule has 1 amide bonds. The number of halogens is 3. The summed E-state index contributed by atoms with van der Waals surface area (Å²) in [6.45, 7) is 6.22. The number of rotatable bonds is 7. The van der Waals surface area contributed by atoms with Crippen LogP contribution in [0.2, 0.25) is 0 Å². The molecule has 3 aliphatic rings. The molecule has 0 unspecified atom stereocenters. The third-order valence-corrected chi connectivity index (χ3v) is 7.88. The normalized spacial score (nSPS) is 28.2. The van der Waals surface area contributed by atoms with Gasteiger partial charge in [0.2, 0.25) is 0 Å². The van der Waals surface area contributed by atoms with E-state index in [1.807, 2.05) is 6.92 Å². The number of hydrogen-bond donors (Lipinski definition) is 2. The first kappa shape index (κ1) is 24.8. The average molecular weight is 505 g/mol. The van der Waals surface area contributed by atoms with Gasteiger partial charge in [-0.1, -0.05) is 18.2 Å². The van der Waals surface area contributed by atoms with Crippen molar-refractivity contribution >= 4 is 11.6 Å². The number of aromatic nitrogens is 1. The van der Waals surface area contributed by atoms with E-state index in [0.717, 1.165) is 19.2 Å². The van der Waals surface area contributed by atoms with Gasteiger partial charge in [-0.2, -0.15) is 0 Å². The zero-order valence-electron chi connectivity index (χ0n) is 20.6. The maximum atomic E-state index is 14.7. The van der Waals surface area contributed by atoms with Crippen LogP contribution in [-0.2, 0) is 10.3 Å². The molecule has 1 aromatic heterocycles. The molecular formula is C26H31F3N4O3. The number of ether oxygens (including phenoxy) is 1. The van der Waals surface area contributed by atoms with E-state index in [-0.39, 0.29) is 22.7 Å². The van der Waals surface area contributed by atoms with Gasteiger partial charge in [-0.3, -0.25) is 9.59 Å². The molecule has 10 heteroatoms. The van der Waals surface area contributed by atoms with Crippen molar-refractivity contribution in [3.05, 3.63) is 63.3 Å². The van der Waals surface area contributed by atoms with Gasteiger partial charge in [0.15, 0.2) is 0 Å². The molecule has 5 atom stereocenters. The molecule has 2 aliphatic heterocycles. The summed E-state index contributed by atoms with van der Waals surface area (Å²) in [6, 6.07) is 4.50. The lowest BCUT2D eigenvalue weighted by Crippen LogP contribution is -2.40. The molecule has 7 nitrogen and oxygen atoms in total. The molecular weight excluding hydrogens is 473 g/mol. The van der Waals surface area contributed by atoms with Gasteiger partial charge in [0.1, 0.15) is 5.82 Å². The van der Waals surface area contributed by atoms with Crippen molar-refractivity contribution in [1.82, 2.24) is 14.8 Å². The maximum Gasteiger partial charge on any atom is 0.266 e. The molecule has 3 fully saturated rings. The molecule has 0 spiro atoms. The minimum atomic E-state index is -2.96. The van der Waals surface area contributed by atoms with Gasteiger partial charge in [-0.25, -0.2) is 13.2 Å². The summed E-state index contributed by atoms with van der Waals surface area (Å²) in [4.78, 5) is 28.8. The van der Waals surface area contributed by atoms with E-state index in [1.54, 1.807) is 6.92 Å². The van der Waals surface area contributed by atoms with Crippen LogP contribution in [0.25, 0.3) is 0 Å². The maximum absolute atomic E-state index is 14.7. The van der Waals surface area contributed by atoms with E-state index in [0.29, 0.717) is 37.2 Å². The largest absolute Gasteiger partial charge is 0.381 e. The second kappa shape index (κ2) is 9.23. The van der Waals surface area contributed by atoms with E-state index in [9.17, 15) is 22.8 Å². The van der Waals surface area contributed by atoms with Crippen molar-refractivity contribution in [2.75, 3.05) is 38.7 Å². The third kappa shape index (κ3) is 4.41. The number of amides is 1. The minimum Gasteiger partial charge on any atom is -0.381 e. The number of anilines is 1. The van der Waals surface area contributed by atoms with E-state index in [2.05, 4.69) is 22.6 Å². The number of nitrogens with one attached hydrogen (secondary N) is 2. The highest BCUT2D eigenvalue weighted by molar-refractivity contribution is 5.99. The Balaban J connectivity index is 1.45.